The van der Waals surface area contributed by atoms with Crippen LogP contribution in [-0.4, -0.2) is 0 Å². The van der Waals surface area contributed by atoms with Gasteiger partial charge in [-0.25, -0.2) is 0 Å². The van der Waals surface area contributed by atoms with Gasteiger partial charge in [0.1, 0.15) is 0 Å². The van der Waals surface area contributed by atoms with E-state index in [0.717, 1.165) is 14.5 Å². The van der Waals surface area contributed by atoms with E-state index in [1.54, 1.807) is 0 Å². The minimum atomic E-state index is 0. The molecule has 1 nitrogen and oxygen atoms in total. The summed E-state index contributed by atoms with van der Waals surface area (Å²) in [5.74, 6) is 0. The fourth-order valence-electron chi connectivity index (χ4n) is 0.864. The third-order valence-corrected chi connectivity index (χ3v) is 2.66. The van der Waals surface area contributed by atoms with Crippen LogP contribution in [0.3, 0.4) is 0 Å². The number of halogens is 3. The normalized spacial score (nSPS) is 12.0. The number of benzene rings is 1. The SMILES string of the molecule is C[C@@H](N)c1cc(Br)ccc1Br.Cl. The van der Waals surface area contributed by atoms with Gasteiger partial charge in [0, 0.05) is 15.0 Å². The summed E-state index contributed by atoms with van der Waals surface area (Å²) in [5, 5.41) is 0. The fourth-order valence-corrected chi connectivity index (χ4v) is 1.85. The van der Waals surface area contributed by atoms with Gasteiger partial charge in [0.2, 0.25) is 0 Å². The van der Waals surface area contributed by atoms with Crippen molar-refractivity contribution < 1.29 is 0 Å². The maximum Gasteiger partial charge on any atom is 0.0277 e. The Morgan fingerprint density at radius 3 is 2.33 bits per heavy atom. The minimum absolute atomic E-state index is 0. The van der Waals surface area contributed by atoms with Gasteiger partial charge in [0.05, 0.1) is 0 Å². The second-order valence-corrected chi connectivity index (χ2v) is 4.22. The predicted molar refractivity (Wildman–Crippen MR) is 61.7 cm³/mol. The van der Waals surface area contributed by atoms with Crippen LogP contribution < -0.4 is 5.73 Å². The average molecular weight is 315 g/mol. The van der Waals surface area contributed by atoms with Gasteiger partial charge >= 0.3 is 0 Å². The summed E-state index contributed by atoms with van der Waals surface area (Å²) in [6.45, 7) is 1.96. The molecule has 1 rings (SSSR count). The molecule has 1 aromatic rings. The molecule has 0 aliphatic carbocycles. The minimum Gasteiger partial charge on any atom is -0.324 e. The van der Waals surface area contributed by atoms with Gasteiger partial charge in [-0.2, -0.15) is 0 Å². The third kappa shape index (κ3) is 3.05. The summed E-state index contributed by atoms with van der Waals surface area (Å²) in [6, 6.07) is 6.06. The molecule has 1 aromatic carbocycles. The maximum absolute atomic E-state index is 5.73. The van der Waals surface area contributed by atoms with Crippen LogP contribution in [0, 0.1) is 0 Å². The molecule has 0 saturated heterocycles. The van der Waals surface area contributed by atoms with Gasteiger partial charge < -0.3 is 5.73 Å². The van der Waals surface area contributed by atoms with Crippen molar-refractivity contribution in [2.24, 2.45) is 5.73 Å². The molecule has 0 bridgehead atoms. The van der Waals surface area contributed by atoms with Crippen molar-refractivity contribution in [2.75, 3.05) is 0 Å². The first-order valence-corrected chi connectivity index (χ1v) is 4.90. The van der Waals surface area contributed by atoms with E-state index < -0.39 is 0 Å². The van der Waals surface area contributed by atoms with E-state index in [1.807, 2.05) is 25.1 Å². The van der Waals surface area contributed by atoms with E-state index in [4.69, 9.17) is 5.73 Å². The molecular formula is C8H10Br2ClN. The molecule has 2 N–H and O–H groups in total. The second-order valence-electron chi connectivity index (χ2n) is 2.45. The van der Waals surface area contributed by atoms with Crippen molar-refractivity contribution in [3.05, 3.63) is 32.7 Å². The van der Waals surface area contributed by atoms with E-state index in [9.17, 15) is 0 Å². The molecule has 0 radical (unpaired) electrons. The summed E-state index contributed by atoms with van der Waals surface area (Å²) in [4.78, 5) is 0. The molecule has 0 unspecified atom stereocenters. The molecule has 0 aliphatic heterocycles. The number of hydrogen-bond acceptors (Lipinski definition) is 1. The smallest absolute Gasteiger partial charge is 0.0277 e. The van der Waals surface area contributed by atoms with Gasteiger partial charge in [-0.1, -0.05) is 31.9 Å². The highest BCUT2D eigenvalue weighted by molar-refractivity contribution is 9.11. The Hall–Kier alpha value is 0.430. The van der Waals surface area contributed by atoms with Gasteiger partial charge in [-0.15, -0.1) is 12.4 Å². The monoisotopic (exact) mass is 313 g/mol. The zero-order valence-electron chi connectivity index (χ0n) is 6.55. The lowest BCUT2D eigenvalue weighted by atomic mass is 10.1. The molecule has 0 amide bonds. The first kappa shape index (κ1) is 12.4. The highest BCUT2D eigenvalue weighted by Gasteiger charge is 2.03. The highest BCUT2D eigenvalue weighted by Crippen LogP contribution is 2.25. The van der Waals surface area contributed by atoms with Crippen LogP contribution in [0.1, 0.15) is 18.5 Å². The highest BCUT2D eigenvalue weighted by atomic mass is 79.9. The van der Waals surface area contributed by atoms with Crippen LogP contribution in [0.15, 0.2) is 27.1 Å². The van der Waals surface area contributed by atoms with Crippen LogP contribution >= 0.6 is 44.3 Å². The van der Waals surface area contributed by atoms with Crippen LogP contribution in [0.4, 0.5) is 0 Å². The van der Waals surface area contributed by atoms with Crippen molar-refractivity contribution in [1.29, 1.82) is 0 Å². The first-order chi connectivity index (χ1) is 5.11. The summed E-state index contributed by atoms with van der Waals surface area (Å²) >= 11 is 6.82. The van der Waals surface area contributed by atoms with Gasteiger partial charge in [-0.05, 0) is 30.7 Å². The molecule has 1 atom stereocenters. The average Bonchev–Trinajstić information content (AvgIpc) is 1.94. The number of hydrogen-bond donors (Lipinski definition) is 1. The molecule has 12 heavy (non-hydrogen) atoms. The Morgan fingerprint density at radius 2 is 1.92 bits per heavy atom. The van der Waals surface area contributed by atoms with Crippen LogP contribution in [0.2, 0.25) is 0 Å². The van der Waals surface area contributed by atoms with E-state index in [0.29, 0.717) is 0 Å². The number of rotatable bonds is 1. The molecular weight excluding hydrogens is 305 g/mol. The Labute approximate surface area is 95.4 Å². The molecule has 0 spiro atoms. The van der Waals surface area contributed by atoms with Crippen molar-refractivity contribution in [1.82, 2.24) is 0 Å². The maximum atomic E-state index is 5.73. The fraction of sp³-hybridized carbons (Fsp3) is 0.250. The largest absolute Gasteiger partial charge is 0.324 e. The second kappa shape index (κ2) is 5.22. The topological polar surface area (TPSA) is 26.0 Å². The van der Waals surface area contributed by atoms with Gasteiger partial charge in [-0.3, -0.25) is 0 Å². The molecule has 0 aliphatic rings. The van der Waals surface area contributed by atoms with Crippen molar-refractivity contribution in [3.8, 4) is 0 Å². The lowest BCUT2D eigenvalue weighted by Gasteiger charge is -2.07. The Kier molecular flexibility index (Phi) is 5.41. The Balaban J connectivity index is 0.00000121. The molecule has 0 heterocycles. The lowest BCUT2D eigenvalue weighted by molar-refractivity contribution is 0.812. The van der Waals surface area contributed by atoms with E-state index in [1.165, 1.54) is 0 Å². The third-order valence-electron chi connectivity index (χ3n) is 1.45. The predicted octanol–water partition coefficient (Wildman–Crippen LogP) is 3.65. The molecule has 0 aromatic heterocycles. The summed E-state index contributed by atoms with van der Waals surface area (Å²) in [5.41, 5.74) is 6.86. The quantitative estimate of drug-likeness (QED) is 0.841. The Morgan fingerprint density at radius 1 is 1.33 bits per heavy atom. The first-order valence-electron chi connectivity index (χ1n) is 3.32. The zero-order valence-corrected chi connectivity index (χ0v) is 10.5. The summed E-state index contributed by atoms with van der Waals surface area (Å²) in [6.07, 6.45) is 0. The lowest BCUT2D eigenvalue weighted by Crippen LogP contribution is -2.05. The van der Waals surface area contributed by atoms with Crippen molar-refractivity contribution >= 4 is 44.3 Å². The number of nitrogens with two attached hydrogens (primary N) is 1. The van der Waals surface area contributed by atoms with E-state index in [-0.39, 0.29) is 18.4 Å². The molecule has 4 heteroatoms. The Bertz CT molecular complexity index is 263. The summed E-state index contributed by atoms with van der Waals surface area (Å²) < 4.78 is 2.13. The van der Waals surface area contributed by atoms with Gasteiger partial charge in [0.15, 0.2) is 0 Å². The van der Waals surface area contributed by atoms with Crippen molar-refractivity contribution in [3.63, 3.8) is 0 Å². The standard InChI is InChI=1S/C8H9Br2N.ClH/c1-5(11)7-4-6(9)2-3-8(7)10;/h2-5H,11H2,1H3;1H/t5-;/m1./s1. The molecule has 68 valence electrons. The summed E-state index contributed by atoms with van der Waals surface area (Å²) in [7, 11) is 0. The molecule has 0 fully saturated rings. The van der Waals surface area contributed by atoms with E-state index >= 15 is 0 Å². The van der Waals surface area contributed by atoms with Crippen LogP contribution in [-0.2, 0) is 0 Å². The van der Waals surface area contributed by atoms with E-state index in [2.05, 4.69) is 31.9 Å². The molecule has 0 saturated carbocycles. The van der Waals surface area contributed by atoms with Crippen LogP contribution in [0.5, 0.6) is 0 Å². The van der Waals surface area contributed by atoms with Crippen molar-refractivity contribution in [2.45, 2.75) is 13.0 Å². The zero-order chi connectivity index (χ0) is 8.43. The van der Waals surface area contributed by atoms with Gasteiger partial charge in [0.25, 0.3) is 0 Å². The van der Waals surface area contributed by atoms with Crippen LogP contribution in [0.25, 0.3) is 0 Å².